The highest BCUT2D eigenvalue weighted by molar-refractivity contribution is 9.10. The standard InChI is InChI=1S/C15H22BrN5O/c1-6-20-11(3)13(7-17-20)8-19(5)15(22)12(4)21-9-14(16)10(2)18-21/h7,9,12H,6,8H2,1-5H3/t12-/m0/s1. The molecular formula is C15H22BrN5O. The molecule has 0 unspecified atom stereocenters. The molecule has 0 aromatic carbocycles. The Morgan fingerprint density at radius 3 is 2.64 bits per heavy atom. The maximum Gasteiger partial charge on any atom is 0.247 e. The van der Waals surface area contributed by atoms with Gasteiger partial charge in [0.1, 0.15) is 6.04 Å². The number of aromatic nitrogens is 4. The molecule has 2 aromatic rings. The molecule has 7 heteroatoms. The summed E-state index contributed by atoms with van der Waals surface area (Å²) in [4.78, 5) is 14.3. The lowest BCUT2D eigenvalue weighted by atomic mass is 10.2. The van der Waals surface area contributed by atoms with E-state index in [1.807, 2.05) is 44.9 Å². The van der Waals surface area contributed by atoms with Gasteiger partial charge in [0, 0.05) is 37.6 Å². The van der Waals surface area contributed by atoms with Crippen LogP contribution < -0.4 is 0 Å². The van der Waals surface area contributed by atoms with Crippen molar-refractivity contribution in [3.05, 3.63) is 33.8 Å². The van der Waals surface area contributed by atoms with Crippen LogP contribution in [-0.4, -0.2) is 37.4 Å². The van der Waals surface area contributed by atoms with E-state index >= 15 is 0 Å². The summed E-state index contributed by atoms with van der Waals surface area (Å²) in [6.45, 7) is 9.24. The molecule has 2 aromatic heterocycles. The first-order valence-corrected chi connectivity index (χ1v) is 8.12. The van der Waals surface area contributed by atoms with E-state index in [1.54, 1.807) is 9.58 Å². The van der Waals surface area contributed by atoms with Gasteiger partial charge in [-0.15, -0.1) is 0 Å². The molecule has 0 fully saturated rings. The topological polar surface area (TPSA) is 56.0 Å². The first-order chi connectivity index (χ1) is 10.3. The molecule has 6 nitrogen and oxygen atoms in total. The molecule has 22 heavy (non-hydrogen) atoms. The van der Waals surface area contributed by atoms with Crippen LogP contribution in [0.5, 0.6) is 0 Å². The van der Waals surface area contributed by atoms with Gasteiger partial charge in [0.25, 0.3) is 0 Å². The number of nitrogens with zero attached hydrogens (tertiary/aromatic N) is 5. The SMILES string of the molecule is CCn1ncc(CN(C)C(=O)[C@H](C)n2cc(Br)c(C)n2)c1C. The van der Waals surface area contributed by atoms with Crippen LogP contribution in [0, 0.1) is 13.8 Å². The Hall–Kier alpha value is -1.63. The van der Waals surface area contributed by atoms with Crippen LogP contribution in [-0.2, 0) is 17.9 Å². The molecule has 1 atom stereocenters. The Kier molecular flexibility index (Phi) is 5.05. The molecule has 120 valence electrons. The number of aryl methyl sites for hydroxylation is 2. The van der Waals surface area contributed by atoms with E-state index in [9.17, 15) is 4.79 Å². The molecule has 2 heterocycles. The van der Waals surface area contributed by atoms with E-state index in [-0.39, 0.29) is 11.9 Å². The summed E-state index contributed by atoms with van der Waals surface area (Å²) < 4.78 is 4.54. The normalized spacial score (nSPS) is 12.5. The molecule has 0 spiro atoms. The van der Waals surface area contributed by atoms with Crippen LogP contribution in [0.3, 0.4) is 0 Å². The van der Waals surface area contributed by atoms with E-state index in [1.165, 1.54) is 0 Å². The second kappa shape index (κ2) is 6.64. The highest BCUT2D eigenvalue weighted by Gasteiger charge is 2.21. The van der Waals surface area contributed by atoms with Crippen LogP contribution in [0.4, 0.5) is 0 Å². The van der Waals surface area contributed by atoms with Gasteiger partial charge in [-0.1, -0.05) is 0 Å². The third-order valence-electron chi connectivity index (χ3n) is 3.90. The van der Waals surface area contributed by atoms with Gasteiger partial charge in [0.15, 0.2) is 0 Å². The summed E-state index contributed by atoms with van der Waals surface area (Å²) in [5, 5.41) is 8.68. The lowest BCUT2D eigenvalue weighted by Gasteiger charge is -2.21. The summed E-state index contributed by atoms with van der Waals surface area (Å²) in [6, 6.07) is -0.337. The molecule has 2 rings (SSSR count). The maximum atomic E-state index is 12.6. The summed E-state index contributed by atoms with van der Waals surface area (Å²) in [5.74, 6) is 0.0265. The van der Waals surface area contributed by atoms with Gasteiger partial charge in [-0.05, 0) is 43.6 Å². The summed E-state index contributed by atoms with van der Waals surface area (Å²) in [5.41, 5.74) is 3.05. The lowest BCUT2D eigenvalue weighted by molar-refractivity contribution is -0.133. The van der Waals surface area contributed by atoms with E-state index in [4.69, 9.17) is 0 Å². The monoisotopic (exact) mass is 367 g/mol. The van der Waals surface area contributed by atoms with Crippen molar-refractivity contribution in [1.82, 2.24) is 24.5 Å². The first kappa shape index (κ1) is 16.7. The van der Waals surface area contributed by atoms with Gasteiger partial charge in [-0.25, -0.2) is 0 Å². The Morgan fingerprint density at radius 2 is 2.14 bits per heavy atom. The number of amides is 1. The Balaban J connectivity index is 2.09. The number of hydrogen-bond acceptors (Lipinski definition) is 3. The van der Waals surface area contributed by atoms with Crippen molar-refractivity contribution in [2.75, 3.05) is 7.05 Å². The minimum absolute atomic E-state index is 0.0265. The number of carbonyl (C=O) groups excluding carboxylic acids is 1. The van der Waals surface area contributed by atoms with Gasteiger partial charge in [-0.2, -0.15) is 10.2 Å². The van der Waals surface area contributed by atoms with Gasteiger partial charge in [0.05, 0.1) is 16.4 Å². The molecule has 0 aliphatic carbocycles. The third-order valence-corrected chi connectivity index (χ3v) is 4.68. The second-order valence-corrected chi connectivity index (χ2v) is 6.34. The van der Waals surface area contributed by atoms with Crippen molar-refractivity contribution >= 4 is 21.8 Å². The quantitative estimate of drug-likeness (QED) is 0.816. The Bertz CT molecular complexity index is 656. The van der Waals surface area contributed by atoms with Crippen LogP contribution in [0.1, 0.15) is 36.8 Å². The molecule has 0 saturated carbocycles. The van der Waals surface area contributed by atoms with Crippen molar-refractivity contribution in [3.63, 3.8) is 0 Å². The van der Waals surface area contributed by atoms with Crippen molar-refractivity contribution in [3.8, 4) is 0 Å². The lowest BCUT2D eigenvalue weighted by Crippen LogP contribution is -2.33. The van der Waals surface area contributed by atoms with Crippen LogP contribution in [0.15, 0.2) is 16.9 Å². The summed E-state index contributed by atoms with van der Waals surface area (Å²) >= 11 is 3.43. The van der Waals surface area contributed by atoms with Gasteiger partial charge >= 0.3 is 0 Å². The molecule has 0 aliphatic heterocycles. The fraction of sp³-hybridized carbons (Fsp3) is 0.533. The van der Waals surface area contributed by atoms with Gasteiger partial charge in [-0.3, -0.25) is 14.2 Å². The zero-order valence-electron chi connectivity index (χ0n) is 13.7. The molecule has 0 saturated heterocycles. The zero-order valence-corrected chi connectivity index (χ0v) is 15.3. The number of likely N-dealkylation sites (N-methyl/N-ethyl adjacent to an activating group) is 1. The van der Waals surface area contributed by atoms with Crippen LogP contribution in [0.25, 0.3) is 0 Å². The largest absolute Gasteiger partial charge is 0.339 e. The maximum absolute atomic E-state index is 12.6. The van der Waals surface area contributed by atoms with Crippen molar-refractivity contribution in [2.24, 2.45) is 0 Å². The number of rotatable bonds is 5. The zero-order chi connectivity index (χ0) is 16.4. The van der Waals surface area contributed by atoms with E-state index in [2.05, 4.69) is 33.1 Å². The van der Waals surface area contributed by atoms with Crippen molar-refractivity contribution in [2.45, 2.75) is 46.8 Å². The average Bonchev–Trinajstić information content (AvgIpc) is 3.01. The number of halogens is 1. The minimum atomic E-state index is -0.337. The van der Waals surface area contributed by atoms with E-state index < -0.39 is 0 Å². The fourth-order valence-electron chi connectivity index (χ4n) is 2.38. The van der Waals surface area contributed by atoms with Crippen molar-refractivity contribution in [1.29, 1.82) is 0 Å². The third kappa shape index (κ3) is 3.24. The highest BCUT2D eigenvalue weighted by atomic mass is 79.9. The van der Waals surface area contributed by atoms with Crippen LogP contribution in [0.2, 0.25) is 0 Å². The minimum Gasteiger partial charge on any atom is -0.339 e. The summed E-state index contributed by atoms with van der Waals surface area (Å²) in [7, 11) is 1.81. The fourth-order valence-corrected chi connectivity index (χ4v) is 2.67. The molecule has 0 aliphatic rings. The molecule has 0 N–H and O–H groups in total. The molecule has 0 bridgehead atoms. The van der Waals surface area contributed by atoms with Crippen molar-refractivity contribution < 1.29 is 4.79 Å². The Labute approximate surface area is 139 Å². The van der Waals surface area contributed by atoms with E-state index in [0.717, 1.165) is 28.0 Å². The van der Waals surface area contributed by atoms with Gasteiger partial charge in [0.2, 0.25) is 5.91 Å². The van der Waals surface area contributed by atoms with Gasteiger partial charge < -0.3 is 4.90 Å². The number of carbonyl (C=O) groups is 1. The summed E-state index contributed by atoms with van der Waals surface area (Å²) in [6.07, 6.45) is 3.67. The molecule has 1 amide bonds. The smallest absolute Gasteiger partial charge is 0.247 e. The number of hydrogen-bond donors (Lipinski definition) is 0. The van der Waals surface area contributed by atoms with E-state index in [0.29, 0.717) is 6.54 Å². The average molecular weight is 368 g/mol. The Morgan fingerprint density at radius 1 is 1.45 bits per heavy atom. The second-order valence-electron chi connectivity index (χ2n) is 5.48. The predicted molar refractivity (Wildman–Crippen MR) is 88.5 cm³/mol. The first-order valence-electron chi connectivity index (χ1n) is 7.32. The molecule has 0 radical (unpaired) electrons. The van der Waals surface area contributed by atoms with Crippen LogP contribution >= 0.6 is 15.9 Å². The predicted octanol–water partition coefficient (Wildman–Crippen LogP) is 2.70. The highest BCUT2D eigenvalue weighted by Crippen LogP contribution is 2.19. The molecular weight excluding hydrogens is 346 g/mol.